The Hall–Kier alpha value is -1.67. The van der Waals surface area contributed by atoms with Crippen LogP contribution in [0.3, 0.4) is 0 Å². The molecule has 0 amide bonds. The van der Waals surface area contributed by atoms with Crippen LogP contribution < -0.4 is 5.32 Å². The summed E-state index contributed by atoms with van der Waals surface area (Å²) in [4.78, 5) is 0. The smallest absolute Gasteiger partial charge is 0.183 e. The van der Waals surface area contributed by atoms with E-state index in [1.165, 1.54) is 12.1 Å². The molecule has 0 saturated heterocycles. The van der Waals surface area contributed by atoms with E-state index in [1.54, 1.807) is 6.07 Å². The predicted octanol–water partition coefficient (Wildman–Crippen LogP) is 1.63. The average molecular weight is 212 g/mol. The van der Waals surface area contributed by atoms with Crippen molar-refractivity contribution in [2.45, 2.75) is 6.42 Å². The van der Waals surface area contributed by atoms with Crippen LogP contribution in [0, 0.1) is 23.0 Å². The predicted molar refractivity (Wildman–Crippen MR) is 51.3 cm³/mol. The number of benzene rings is 1. The first kappa shape index (κ1) is 11.4. The highest BCUT2D eigenvalue weighted by Crippen LogP contribution is 2.19. The fourth-order valence-corrected chi connectivity index (χ4v) is 1.07. The topological polar surface area (TPSA) is 56.0 Å². The molecule has 0 spiro atoms. The molecule has 1 aromatic carbocycles. The minimum atomic E-state index is -1.15. The van der Waals surface area contributed by atoms with Crippen LogP contribution in [0.4, 0.5) is 14.5 Å². The summed E-state index contributed by atoms with van der Waals surface area (Å²) in [5.41, 5.74) is -0.319. The van der Waals surface area contributed by atoms with E-state index in [9.17, 15) is 8.78 Å². The van der Waals surface area contributed by atoms with Gasteiger partial charge in [0.25, 0.3) is 0 Å². The van der Waals surface area contributed by atoms with Crippen LogP contribution in [0.5, 0.6) is 0 Å². The van der Waals surface area contributed by atoms with Gasteiger partial charge < -0.3 is 10.4 Å². The Morgan fingerprint density at radius 3 is 2.67 bits per heavy atom. The van der Waals surface area contributed by atoms with Crippen LogP contribution in [-0.4, -0.2) is 18.3 Å². The summed E-state index contributed by atoms with van der Waals surface area (Å²) in [6.07, 6.45) is 0.445. The fraction of sp³-hybridized carbons (Fsp3) is 0.300. The first-order chi connectivity index (χ1) is 7.20. The Bertz CT molecular complexity index is 388. The molecular weight excluding hydrogens is 202 g/mol. The normalized spacial score (nSPS) is 9.73. The molecule has 15 heavy (non-hydrogen) atoms. The third-order valence-electron chi connectivity index (χ3n) is 1.85. The summed E-state index contributed by atoms with van der Waals surface area (Å²) in [5.74, 6) is -2.21. The van der Waals surface area contributed by atoms with Gasteiger partial charge in [0.2, 0.25) is 0 Å². The Kier molecular flexibility index (Phi) is 4.01. The lowest BCUT2D eigenvalue weighted by molar-refractivity contribution is 0.292. The van der Waals surface area contributed by atoms with Crippen LogP contribution in [0.15, 0.2) is 12.1 Å². The van der Waals surface area contributed by atoms with Gasteiger partial charge in [-0.2, -0.15) is 5.26 Å². The molecule has 0 saturated carbocycles. The number of aliphatic hydroxyl groups is 1. The second-order valence-corrected chi connectivity index (χ2v) is 2.90. The van der Waals surface area contributed by atoms with Crippen molar-refractivity contribution in [1.29, 1.82) is 5.26 Å². The molecule has 0 aliphatic heterocycles. The summed E-state index contributed by atoms with van der Waals surface area (Å²) in [7, 11) is 0. The maximum absolute atomic E-state index is 13.2. The van der Waals surface area contributed by atoms with E-state index in [4.69, 9.17) is 10.4 Å². The van der Waals surface area contributed by atoms with E-state index in [-0.39, 0.29) is 17.9 Å². The zero-order valence-electron chi connectivity index (χ0n) is 7.93. The second kappa shape index (κ2) is 5.27. The minimum absolute atomic E-state index is 0.0000463. The molecule has 0 heterocycles. The Morgan fingerprint density at radius 1 is 1.33 bits per heavy atom. The molecule has 80 valence electrons. The maximum Gasteiger partial charge on any atom is 0.183 e. The van der Waals surface area contributed by atoms with Crippen LogP contribution >= 0.6 is 0 Å². The number of nitriles is 1. The van der Waals surface area contributed by atoms with Gasteiger partial charge in [-0.3, -0.25) is 0 Å². The molecule has 3 nitrogen and oxygen atoms in total. The molecule has 1 rings (SSSR count). The van der Waals surface area contributed by atoms with Crippen molar-refractivity contribution in [3.05, 3.63) is 29.3 Å². The van der Waals surface area contributed by atoms with Gasteiger partial charge in [0.15, 0.2) is 11.6 Å². The third kappa shape index (κ3) is 2.64. The molecule has 0 fully saturated rings. The molecule has 0 bridgehead atoms. The quantitative estimate of drug-likeness (QED) is 0.746. The fourth-order valence-electron chi connectivity index (χ4n) is 1.07. The van der Waals surface area contributed by atoms with Crippen molar-refractivity contribution in [3.8, 4) is 6.07 Å². The number of aliphatic hydroxyl groups excluding tert-OH is 1. The summed E-state index contributed by atoms with van der Waals surface area (Å²) in [6.45, 7) is 0.326. The van der Waals surface area contributed by atoms with Crippen molar-refractivity contribution in [3.63, 3.8) is 0 Å². The summed E-state index contributed by atoms with van der Waals surface area (Å²) < 4.78 is 26.3. The minimum Gasteiger partial charge on any atom is -0.396 e. The van der Waals surface area contributed by atoms with Gasteiger partial charge in [-0.1, -0.05) is 0 Å². The van der Waals surface area contributed by atoms with E-state index >= 15 is 0 Å². The van der Waals surface area contributed by atoms with Crippen molar-refractivity contribution < 1.29 is 13.9 Å². The number of nitrogens with one attached hydrogen (secondary N) is 1. The number of anilines is 1. The molecule has 0 atom stereocenters. The molecule has 5 heteroatoms. The van der Waals surface area contributed by atoms with Crippen LogP contribution in [0.2, 0.25) is 0 Å². The molecule has 2 N–H and O–H groups in total. The van der Waals surface area contributed by atoms with Crippen LogP contribution in [0.1, 0.15) is 12.0 Å². The van der Waals surface area contributed by atoms with Gasteiger partial charge in [0.1, 0.15) is 6.07 Å². The van der Waals surface area contributed by atoms with Gasteiger partial charge in [0, 0.05) is 13.2 Å². The van der Waals surface area contributed by atoms with Crippen molar-refractivity contribution in [1.82, 2.24) is 0 Å². The first-order valence-electron chi connectivity index (χ1n) is 4.43. The average Bonchev–Trinajstić information content (AvgIpc) is 2.25. The van der Waals surface area contributed by atoms with E-state index in [1.807, 2.05) is 0 Å². The van der Waals surface area contributed by atoms with Gasteiger partial charge in [-0.05, 0) is 18.6 Å². The molecule has 0 unspecified atom stereocenters. The third-order valence-corrected chi connectivity index (χ3v) is 1.85. The van der Waals surface area contributed by atoms with Gasteiger partial charge >= 0.3 is 0 Å². The number of rotatable bonds is 4. The second-order valence-electron chi connectivity index (χ2n) is 2.90. The maximum atomic E-state index is 13.2. The molecule has 0 aliphatic carbocycles. The van der Waals surface area contributed by atoms with E-state index < -0.39 is 11.6 Å². The largest absolute Gasteiger partial charge is 0.396 e. The lowest BCUT2D eigenvalue weighted by Gasteiger charge is -2.07. The zero-order valence-corrected chi connectivity index (χ0v) is 7.93. The van der Waals surface area contributed by atoms with Crippen molar-refractivity contribution in [2.75, 3.05) is 18.5 Å². The zero-order chi connectivity index (χ0) is 11.3. The van der Waals surface area contributed by atoms with Crippen molar-refractivity contribution >= 4 is 5.69 Å². The Labute approximate surface area is 86.0 Å². The Morgan fingerprint density at radius 2 is 2.07 bits per heavy atom. The lowest BCUT2D eigenvalue weighted by Crippen LogP contribution is -2.06. The number of hydrogen-bond donors (Lipinski definition) is 2. The molecular formula is C10H10F2N2O. The lowest BCUT2D eigenvalue weighted by atomic mass is 10.2. The van der Waals surface area contributed by atoms with E-state index in [0.717, 1.165) is 0 Å². The molecule has 1 aromatic rings. The van der Waals surface area contributed by atoms with Crippen LogP contribution in [-0.2, 0) is 0 Å². The van der Waals surface area contributed by atoms with Gasteiger partial charge in [0.05, 0.1) is 11.3 Å². The van der Waals surface area contributed by atoms with E-state index in [2.05, 4.69) is 5.32 Å². The summed E-state index contributed by atoms with van der Waals surface area (Å²) >= 11 is 0. The van der Waals surface area contributed by atoms with Gasteiger partial charge in [-0.25, -0.2) is 8.78 Å². The SMILES string of the molecule is N#Cc1ccc(NCCCO)c(F)c1F. The molecule has 0 radical (unpaired) electrons. The van der Waals surface area contributed by atoms with Crippen LogP contribution in [0.25, 0.3) is 0 Å². The monoisotopic (exact) mass is 212 g/mol. The highest BCUT2D eigenvalue weighted by atomic mass is 19.2. The highest BCUT2D eigenvalue weighted by Gasteiger charge is 2.12. The first-order valence-corrected chi connectivity index (χ1v) is 4.43. The number of halogens is 2. The molecule has 0 aliphatic rings. The van der Waals surface area contributed by atoms with Gasteiger partial charge in [-0.15, -0.1) is 0 Å². The standard InChI is InChI=1S/C10H10F2N2O/c11-9-7(6-13)2-3-8(10(9)12)14-4-1-5-15/h2-3,14-15H,1,4-5H2. The van der Waals surface area contributed by atoms with E-state index in [0.29, 0.717) is 13.0 Å². The van der Waals surface area contributed by atoms with Crippen molar-refractivity contribution in [2.24, 2.45) is 0 Å². The summed E-state index contributed by atoms with van der Waals surface area (Å²) in [6, 6.07) is 4.06. The number of nitrogens with zero attached hydrogens (tertiary/aromatic N) is 1. The number of hydrogen-bond acceptors (Lipinski definition) is 3. The molecule has 0 aromatic heterocycles. The Balaban J connectivity index is 2.83. The summed E-state index contributed by atoms with van der Waals surface area (Å²) in [5, 5.41) is 19.6. The highest BCUT2D eigenvalue weighted by molar-refractivity contribution is 5.49.